The molecule has 0 unspecified atom stereocenters. The summed E-state index contributed by atoms with van der Waals surface area (Å²) < 4.78 is 0.873. The molecule has 128 valence electrons. The molecule has 0 fully saturated rings. The van der Waals surface area contributed by atoms with Crippen LogP contribution < -0.4 is 11.1 Å². The van der Waals surface area contributed by atoms with Gasteiger partial charge in [0.15, 0.2) is 15.9 Å². The largest absolute Gasteiger partial charge is 0.382 e. The van der Waals surface area contributed by atoms with Crippen LogP contribution in [0, 0.1) is 0 Å². The number of anilines is 2. The molecule has 0 amide bonds. The smallest absolute Gasteiger partial charge is 0.191 e. The Labute approximate surface area is 146 Å². The number of fused-ring (bicyclic) bond motifs is 1. The van der Waals surface area contributed by atoms with Gasteiger partial charge in [-0.2, -0.15) is 4.98 Å². The standard InChI is InChI=1S/C15H26N6S2/c1-4-5-6-10-22-15-18-12(16)11-13(20-15)19-14(23-11)17-8-7-9-21(2)3/h4-10H2,1-3H3,(H3,16,17,18,19,20). The average molecular weight is 355 g/mol. The van der Waals surface area contributed by atoms with Crippen molar-refractivity contribution < 1.29 is 0 Å². The topological polar surface area (TPSA) is 80.0 Å². The molecule has 0 aliphatic heterocycles. The molecule has 0 aliphatic carbocycles. The third kappa shape index (κ3) is 5.78. The summed E-state index contributed by atoms with van der Waals surface area (Å²) >= 11 is 3.19. The van der Waals surface area contributed by atoms with E-state index in [1.165, 1.54) is 30.6 Å². The predicted octanol–water partition coefficient (Wildman–Crippen LogP) is 3.31. The van der Waals surface area contributed by atoms with Crippen molar-refractivity contribution in [3.05, 3.63) is 0 Å². The highest BCUT2D eigenvalue weighted by Gasteiger charge is 2.11. The van der Waals surface area contributed by atoms with Gasteiger partial charge in [-0.25, -0.2) is 9.97 Å². The third-order valence-corrected chi connectivity index (χ3v) is 5.26. The van der Waals surface area contributed by atoms with Crippen LogP contribution in [0.15, 0.2) is 5.16 Å². The number of nitrogen functional groups attached to an aromatic ring is 1. The lowest BCUT2D eigenvalue weighted by molar-refractivity contribution is 0.405. The van der Waals surface area contributed by atoms with Gasteiger partial charge in [0.2, 0.25) is 0 Å². The van der Waals surface area contributed by atoms with Crippen LogP contribution in [0.5, 0.6) is 0 Å². The number of nitrogens with two attached hydrogens (primary N) is 1. The zero-order valence-electron chi connectivity index (χ0n) is 14.1. The normalized spacial score (nSPS) is 11.5. The molecule has 2 rings (SSSR count). The molecule has 3 N–H and O–H groups in total. The lowest BCUT2D eigenvalue weighted by Crippen LogP contribution is -2.16. The molecule has 0 bridgehead atoms. The van der Waals surface area contributed by atoms with Crippen molar-refractivity contribution >= 4 is 44.4 Å². The monoisotopic (exact) mass is 354 g/mol. The molecule has 2 heterocycles. The van der Waals surface area contributed by atoms with Gasteiger partial charge in [-0.05, 0) is 33.5 Å². The van der Waals surface area contributed by atoms with E-state index in [2.05, 4.69) is 46.2 Å². The van der Waals surface area contributed by atoms with Crippen molar-refractivity contribution in [1.82, 2.24) is 19.9 Å². The number of thioether (sulfide) groups is 1. The summed E-state index contributed by atoms with van der Waals surface area (Å²) in [5, 5.41) is 4.95. The summed E-state index contributed by atoms with van der Waals surface area (Å²) in [7, 11) is 4.15. The number of hydrogen-bond acceptors (Lipinski definition) is 8. The number of aromatic nitrogens is 3. The Morgan fingerprint density at radius 1 is 1.17 bits per heavy atom. The molecule has 2 aromatic heterocycles. The van der Waals surface area contributed by atoms with E-state index in [4.69, 9.17) is 5.73 Å². The van der Waals surface area contributed by atoms with E-state index in [-0.39, 0.29) is 0 Å². The van der Waals surface area contributed by atoms with Gasteiger partial charge < -0.3 is 16.0 Å². The van der Waals surface area contributed by atoms with E-state index in [0.29, 0.717) is 11.5 Å². The first-order valence-electron chi connectivity index (χ1n) is 8.05. The maximum absolute atomic E-state index is 6.07. The first kappa shape index (κ1) is 18.2. The zero-order valence-corrected chi connectivity index (χ0v) is 15.8. The van der Waals surface area contributed by atoms with Crippen molar-refractivity contribution in [1.29, 1.82) is 0 Å². The Morgan fingerprint density at radius 3 is 2.74 bits per heavy atom. The molecule has 0 aliphatic rings. The van der Waals surface area contributed by atoms with Gasteiger partial charge in [-0.3, -0.25) is 0 Å². The molecule has 2 aromatic rings. The van der Waals surface area contributed by atoms with Gasteiger partial charge in [0, 0.05) is 12.3 Å². The Hall–Kier alpha value is -1.12. The fourth-order valence-electron chi connectivity index (χ4n) is 2.07. The SMILES string of the molecule is CCCCCSc1nc(N)c2sc(NCCCN(C)C)nc2n1. The molecule has 0 radical (unpaired) electrons. The molecule has 8 heteroatoms. The molecule has 0 saturated carbocycles. The highest BCUT2D eigenvalue weighted by molar-refractivity contribution is 7.99. The van der Waals surface area contributed by atoms with Crippen LogP contribution in [0.3, 0.4) is 0 Å². The Balaban J connectivity index is 1.96. The van der Waals surface area contributed by atoms with Gasteiger partial charge in [-0.1, -0.05) is 42.9 Å². The van der Waals surface area contributed by atoms with Crippen molar-refractivity contribution in [3.8, 4) is 0 Å². The van der Waals surface area contributed by atoms with E-state index in [1.54, 1.807) is 11.8 Å². The van der Waals surface area contributed by atoms with E-state index < -0.39 is 0 Å². The number of thiazole rings is 1. The average Bonchev–Trinajstić information content (AvgIpc) is 2.91. The first-order valence-corrected chi connectivity index (χ1v) is 9.85. The Morgan fingerprint density at radius 2 is 2.00 bits per heavy atom. The minimum absolute atomic E-state index is 0.534. The molecule has 0 atom stereocenters. The third-order valence-electron chi connectivity index (χ3n) is 3.30. The predicted molar refractivity (Wildman–Crippen MR) is 102 cm³/mol. The van der Waals surface area contributed by atoms with Crippen molar-refractivity contribution in [2.24, 2.45) is 0 Å². The molecule has 0 spiro atoms. The molecular formula is C15H26N6S2. The van der Waals surface area contributed by atoms with Crippen molar-refractivity contribution in [2.45, 2.75) is 37.8 Å². The second kappa shape index (κ2) is 9.24. The highest BCUT2D eigenvalue weighted by Crippen LogP contribution is 2.30. The van der Waals surface area contributed by atoms with Crippen LogP contribution in [0.25, 0.3) is 10.3 Å². The van der Waals surface area contributed by atoms with Crippen LogP contribution in [0.2, 0.25) is 0 Å². The highest BCUT2D eigenvalue weighted by atomic mass is 32.2. The van der Waals surface area contributed by atoms with E-state index in [1.807, 2.05) is 0 Å². The van der Waals surface area contributed by atoms with Gasteiger partial charge in [0.1, 0.15) is 10.5 Å². The van der Waals surface area contributed by atoms with Gasteiger partial charge in [0.25, 0.3) is 0 Å². The van der Waals surface area contributed by atoms with E-state index in [9.17, 15) is 0 Å². The molecule has 6 nitrogen and oxygen atoms in total. The Bertz CT molecular complexity index is 613. The maximum atomic E-state index is 6.07. The number of nitrogens with one attached hydrogen (secondary N) is 1. The molecule has 0 aromatic carbocycles. The summed E-state index contributed by atoms with van der Waals surface area (Å²) in [4.78, 5) is 15.6. The van der Waals surface area contributed by atoms with Gasteiger partial charge >= 0.3 is 0 Å². The van der Waals surface area contributed by atoms with Crippen LogP contribution in [-0.4, -0.2) is 52.8 Å². The number of hydrogen-bond donors (Lipinski definition) is 2. The fourth-order valence-corrected chi connectivity index (χ4v) is 3.75. The fraction of sp³-hybridized carbons (Fsp3) is 0.667. The van der Waals surface area contributed by atoms with E-state index >= 15 is 0 Å². The second-order valence-corrected chi connectivity index (χ2v) is 7.76. The Kier molecular flexibility index (Phi) is 7.32. The van der Waals surface area contributed by atoms with Crippen molar-refractivity contribution in [2.75, 3.05) is 44.0 Å². The van der Waals surface area contributed by atoms with Gasteiger partial charge in [-0.15, -0.1) is 0 Å². The maximum Gasteiger partial charge on any atom is 0.191 e. The minimum Gasteiger partial charge on any atom is -0.382 e. The summed E-state index contributed by atoms with van der Waals surface area (Å²) in [6.45, 7) is 4.15. The summed E-state index contributed by atoms with van der Waals surface area (Å²) in [6.07, 6.45) is 4.71. The molecular weight excluding hydrogens is 328 g/mol. The summed E-state index contributed by atoms with van der Waals surface area (Å²) in [5.74, 6) is 1.56. The number of nitrogens with zero attached hydrogens (tertiary/aromatic N) is 4. The van der Waals surface area contributed by atoms with Gasteiger partial charge in [0.05, 0.1) is 0 Å². The zero-order chi connectivity index (χ0) is 16.7. The lowest BCUT2D eigenvalue weighted by atomic mass is 10.3. The number of unbranched alkanes of at least 4 members (excludes halogenated alkanes) is 2. The lowest BCUT2D eigenvalue weighted by Gasteiger charge is -2.08. The van der Waals surface area contributed by atoms with Crippen LogP contribution in [0.4, 0.5) is 10.9 Å². The van der Waals surface area contributed by atoms with Crippen LogP contribution in [0.1, 0.15) is 32.6 Å². The molecule has 0 saturated heterocycles. The van der Waals surface area contributed by atoms with Crippen molar-refractivity contribution in [3.63, 3.8) is 0 Å². The summed E-state index contributed by atoms with van der Waals surface area (Å²) in [5.41, 5.74) is 6.77. The minimum atomic E-state index is 0.534. The number of rotatable bonds is 10. The first-order chi connectivity index (χ1) is 11.1. The van der Waals surface area contributed by atoms with E-state index in [0.717, 1.165) is 40.3 Å². The van der Waals surface area contributed by atoms with Crippen LogP contribution >= 0.6 is 23.1 Å². The molecule has 23 heavy (non-hydrogen) atoms. The second-order valence-electron chi connectivity index (χ2n) is 5.70. The van der Waals surface area contributed by atoms with Crippen LogP contribution in [-0.2, 0) is 0 Å². The summed E-state index contributed by atoms with van der Waals surface area (Å²) in [6, 6.07) is 0. The quantitative estimate of drug-likeness (QED) is 0.385.